The molecule has 9 nitrogen and oxygen atoms in total. The number of morpholine rings is 1. The van der Waals surface area contributed by atoms with Gasteiger partial charge in [-0.2, -0.15) is 5.10 Å². The Hall–Kier alpha value is -1.92. The van der Waals surface area contributed by atoms with Crippen molar-refractivity contribution in [2.75, 3.05) is 40.0 Å². The van der Waals surface area contributed by atoms with Gasteiger partial charge in [-0.25, -0.2) is 9.98 Å². The highest BCUT2D eigenvalue weighted by Gasteiger charge is 2.32. The summed E-state index contributed by atoms with van der Waals surface area (Å²) in [4.78, 5) is 11.6. The van der Waals surface area contributed by atoms with Crippen LogP contribution in [0.2, 0.25) is 0 Å². The van der Waals surface area contributed by atoms with Crippen molar-refractivity contribution in [1.29, 1.82) is 0 Å². The second-order valence-electron chi connectivity index (χ2n) is 7.41. The van der Waals surface area contributed by atoms with Crippen LogP contribution in [0, 0.1) is 0 Å². The summed E-state index contributed by atoms with van der Waals surface area (Å²) in [6.45, 7) is 6.40. The summed E-state index contributed by atoms with van der Waals surface area (Å²) in [5.74, 6) is 3.05. The molecule has 3 heterocycles. The van der Waals surface area contributed by atoms with E-state index in [1.807, 2.05) is 24.3 Å². The summed E-state index contributed by atoms with van der Waals surface area (Å²) < 4.78 is 17.0. The van der Waals surface area contributed by atoms with E-state index in [1.54, 1.807) is 7.11 Å². The topological polar surface area (TPSA) is 96.9 Å². The average molecular weight is 542 g/mol. The Kier molecular flexibility index (Phi) is 8.90. The first-order valence-electron chi connectivity index (χ1n) is 10.6. The first-order chi connectivity index (χ1) is 14.8. The predicted octanol–water partition coefficient (Wildman–Crippen LogP) is 2.44. The SMILES string of the molecule is CCNC(=NCc1nc(-c2ccc(OC)cc2)n[nH]1)N1CCOC(C2CCCO2)C1.I. The monoisotopic (exact) mass is 542 g/mol. The van der Waals surface area contributed by atoms with Crippen LogP contribution in [0.5, 0.6) is 5.75 Å². The summed E-state index contributed by atoms with van der Waals surface area (Å²) in [6.07, 6.45) is 2.47. The van der Waals surface area contributed by atoms with Crippen LogP contribution >= 0.6 is 24.0 Å². The van der Waals surface area contributed by atoms with E-state index >= 15 is 0 Å². The van der Waals surface area contributed by atoms with Gasteiger partial charge in [0.15, 0.2) is 11.8 Å². The van der Waals surface area contributed by atoms with E-state index < -0.39 is 0 Å². The van der Waals surface area contributed by atoms with Gasteiger partial charge in [-0.1, -0.05) is 0 Å². The molecule has 2 fully saturated rings. The smallest absolute Gasteiger partial charge is 0.194 e. The van der Waals surface area contributed by atoms with Gasteiger partial charge < -0.3 is 24.4 Å². The maximum atomic E-state index is 5.97. The van der Waals surface area contributed by atoms with E-state index in [2.05, 4.69) is 32.3 Å². The number of halogens is 1. The van der Waals surface area contributed by atoms with Crippen molar-refractivity contribution in [2.45, 2.75) is 38.5 Å². The van der Waals surface area contributed by atoms with Gasteiger partial charge in [0.05, 0.1) is 19.8 Å². The Bertz CT molecular complexity index is 838. The standard InChI is InChI=1S/C21H30N6O3.HI/c1-3-22-21(27-10-12-30-18(14-27)17-5-4-11-29-17)23-13-19-24-20(26-25-19)15-6-8-16(28-2)9-7-15;/h6-9,17-18H,3-5,10-14H2,1-2H3,(H,22,23)(H,24,25,26);1H. The normalized spacial score (nSPS) is 21.6. The number of aliphatic imine (C=N–C) groups is 1. The Morgan fingerprint density at radius 1 is 1.26 bits per heavy atom. The highest BCUT2D eigenvalue weighted by atomic mass is 127. The summed E-state index contributed by atoms with van der Waals surface area (Å²) >= 11 is 0. The maximum absolute atomic E-state index is 5.97. The van der Waals surface area contributed by atoms with Crippen molar-refractivity contribution in [3.63, 3.8) is 0 Å². The van der Waals surface area contributed by atoms with Gasteiger partial charge in [0.2, 0.25) is 0 Å². The molecule has 1 aromatic heterocycles. The van der Waals surface area contributed by atoms with Crippen LogP contribution < -0.4 is 10.1 Å². The fraction of sp³-hybridized carbons (Fsp3) is 0.571. The molecule has 0 bridgehead atoms. The summed E-state index contributed by atoms with van der Waals surface area (Å²) in [5.41, 5.74) is 0.932. The molecule has 2 atom stereocenters. The van der Waals surface area contributed by atoms with Gasteiger partial charge in [0, 0.05) is 31.8 Å². The molecule has 170 valence electrons. The number of hydrogen-bond donors (Lipinski definition) is 2. The molecule has 2 aliphatic rings. The van der Waals surface area contributed by atoms with Crippen LogP contribution in [0.15, 0.2) is 29.3 Å². The number of aromatic amines is 1. The minimum atomic E-state index is 0. The minimum absolute atomic E-state index is 0. The first kappa shape index (κ1) is 23.7. The summed E-state index contributed by atoms with van der Waals surface area (Å²) in [7, 11) is 1.65. The average Bonchev–Trinajstić information content (AvgIpc) is 3.49. The Morgan fingerprint density at radius 2 is 2.06 bits per heavy atom. The lowest BCUT2D eigenvalue weighted by molar-refractivity contribution is -0.0817. The van der Waals surface area contributed by atoms with E-state index in [4.69, 9.17) is 19.2 Å². The number of nitrogens with one attached hydrogen (secondary N) is 2. The van der Waals surface area contributed by atoms with Gasteiger partial charge in [0.1, 0.15) is 24.2 Å². The van der Waals surface area contributed by atoms with Crippen LogP contribution in [0.1, 0.15) is 25.6 Å². The lowest BCUT2D eigenvalue weighted by Gasteiger charge is -2.37. The van der Waals surface area contributed by atoms with Gasteiger partial charge >= 0.3 is 0 Å². The molecule has 2 N–H and O–H groups in total. The molecule has 0 saturated carbocycles. The van der Waals surface area contributed by atoms with Crippen molar-refractivity contribution < 1.29 is 14.2 Å². The number of hydrogen-bond acceptors (Lipinski definition) is 6. The largest absolute Gasteiger partial charge is 0.497 e. The molecule has 0 amide bonds. The van der Waals surface area contributed by atoms with Crippen LogP contribution in [0.4, 0.5) is 0 Å². The molecule has 0 spiro atoms. The fourth-order valence-corrected chi connectivity index (χ4v) is 3.80. The number of methoxy groups -OCH3 is 1. The maximum Gasteiger partial charge on any atom is 0.194 e. The second-order valence-corrected chi connectivity index (χ2v) is 7.41. The quantitative estimate of drug-likeness (QED) is 0.329. The lowest BCUT2D eigenvalue weighted by Crippen LogP contribution is -2.53. The minimum Gasteiger partial charge on any atom is -0.497 e. The van der Waals surface area contributed by atoms with E-state index in [9.17, 15) is 0 Å². The Morgan fingerprint density at radius 3 is 2.77 bits per heavy atom. The number of ether oxygens (including phenoxy) is 3. The number of guanidine groups is 1. The van der Waals surface area contributed by atoms with Gasteiger partial charge in [-0.3, -0.25) is 5.10 Å². The third kappa shape index (κ3) is 6.07. The molecule has 31 heavy (non-hydrogen) atoms. The zero-order valence-corrected chi connectivity index (χ0v) is 20.4. The van der Waals surface area contributed by atoms with E-state index in [0.717, 1.165) is 62.2 Å². The van der Waals surface area contributed by atoms with Gasteiger partial charge in [-0.05, 0) is 44.0 Å². The van der Waals surface area contributed by atoms with Crippen molar-refractivity contribution in [3.8, 4) is 17.1 Å². The second kappa shape index (κ2) is 11.6. The summed E-state index contributed by atoms with van der Waals surface area (Å²) in [6, 6.07) is 7.68. The van der Waals surface area contributed by atoms with Crippen molar-refractivity contribution in [3.05, 3.63) is 30.1 Å². The summed E-state index contributed by atoms with van der Waals surface area (Å²) in [5, 5.41) is 10.7. The van der Waals surface area contributed by atoms with Crippen molar-refractivity contribution >= 4 is 29.9 Å². The van der Waals surface area contributed by atoms with Gasteiger partial charge in [-0.15, -0.1) is 24.0 Å². The number of rotatable bonds is 6. The Labute approximate surface area is 200 Å². The van der Waals surface area contributed by atoms with E-state index in [1.165, 1.54) is 0 Å². The molecule has 0 radical (unpaired) electrons. The zero-order chi connectivity index (χ0) is 20.8. The van der Waals surface area contributed by atoms with Crippen LogP contribution in [-0.2, 0) is 16.0 Å². The third-order valence-electron chi connectivity index (χ3n) is 5.37. The molecule has 0 aliphatic carbocycles. The molecular formula is C21H31IN6O3. The van der Waals surface area contributed by atoms with Crippen LogP contribution in [0.3, 0.4) is 0 Å². The predicted molar refractivity (Wildman–Crippen MR) is 129 cm³/mol. The van der Waals surface area contributed by atoms with E-state index in [0.29, 0.717) is 19.0 Å². The zero-order valence-electron chi connectivity index (χ0n) is 18.0. The van der Waals surface area contributed by atoms with Crippen LogP contribution in [0.25, 0.3) is 11.4 Å². The third-order valence-corrected chi connectivity index (χ3v) is 5.37. The van der Waals surface area contributed by atoms with Crippen molar-refractivity contribution in [2.24, 2.45) is 4.99 Å². The molecule has 2 aliphatic heterocycles. The number of benzene rings is 1. The first-order valence-corrected chi connectivity index (χ1v) is 10.6. The van der Waals surface area contributed by atoms with Crippen LogP contribution in [-0.4, -0.2) is 78.2 Å². The Balaban J connectivity index is 0.00000272. The molecular weight excluding hydrogens is 511 g/mol. The highest BCUT2D eigenvalue weighted by molar-refractivity contribution is 14.0. The number of aromatic nitrogens is 3. The molecule has 1 aromatic carbocycles. The fourth-order valence-electron chi connectivity index (χ4n) is 3.80. The number of H-pyrrole nitrogens is 1. The van der Waals surface area contributed by atoms with Gasteiger partial charge in [0.25, 0.3) is 0 Å². The molecule has 2 aromatic rings. The van der Waals surface area contributed by atoms with E-state index in [-0.39, 0.29) is 36.2 Å². The van der Waals surface area contributed by atoms with Crippen molar-refractivity contribution in [1.82, 2.24) is 25.4 Å². The highest BCUT2D eigenvalue weighted by Crippen LogP contribution is 2.21. The lowest BCUT2D eigenvalue weighted by atomic mass is 10.1. The molecule has 4 rings (SSSR count). The molecule has 2 saturated heterocycles. The molecule has 2 unspecified atom stereocenters. The number of nitrogens with zero attached hydrogens (tertiary/aromatic N) is 4. The molecule has 10 heteroatoms.